The molecule has 1 atom stereocenters. The molecule has 0 spiro atoms. The highest BCUT2D eigenvalue weighted by atomic mass is 32.2. The van der Waals surface area contributed by atoms with Crippen LogP contribution in [0.4, 0.5) is 0 Å². The third kappa shape index (κ3) is 5.28. The highest BCUT2D eigenvalue weighted by Crippen LogP contribution is 2.27. The van der Waals surface area contributed by atoms with Gasteiger partial charge in [0, 0.05) is 39.3 Å². The molecule has 184 valence electrons. The number of nitrogens with zero attached hydrogens (tertiary/aromatic N) is 3. The Hall–Kier alpha value is -1.49. The Kier molecular flexibility index (Phi) is 7.47. The Balaban J connectivity index is 1.38. The number of piperazine rings is 1. The van der Waals surface area contributed by atoms with Crippen LogP contribution in [0.25, 0.3) is 0 Å². The fourth-order valence-electron chi connectivity index (χ4n) is 5.21. The van der Waals surface area contributed by atoms with Gasteiger partial charge in [-0.2, -0.15) is 4.31 Å². The number of rotatable bonds is 6. The fourth-order valence-corrected chi connectivity index (χ4v) is 8.27. The number of fused-ring (bicyclic) bond motifs is 1. The normalized spacial score (nSPS) is 23.3. The van der Waals surface area contributed by atoms with Crippen molar-refractivity contribution >= 4 is 26.0 Å². The van der Waals surface area contributed by atoms with Crippen molar-refractivity contribution < 1.29 is 21.6 Å². The van der Waals surface area contributed by atoms with Crippen molar-refractivity contribution in [2.45, 2.75) is 56.8 Å². The highest BCUT2D eigenvalue weighted by Gasteiger charge is 2.36. The molecule has 2 saturated heterocycles. The molecule has 2 heterocycles. The van der Waals surface area contributed by atoms with E-state index < -0.39 is 20.0 Å². The fraction of sp³-hybridized carbons (Fsp3) is 0.696. The first-order chi connectivity index (χ1) is 15.7. The van der Waals surface area contributed by atoms with E-state index in [4.69, 9.17) is 0 Å². The minimum atomic E-state index is -3.60. The van der Waals surface area contributed by atoms with Gasteiger partial charge >= 0.3 is 0 Å². The maximum atomic E-state index is 13.2. The standard InChI is InChI=1S/C23H35N3O5S2/c1-2-16-32(28,29)26-11-5-8-21(18-26)23(27)24-12-14-25(15-13-24)33(30,31)22-10-9-19-6-3-4-7-20(19)17-22/h9-10,17,21H,2-8,11-16,18H2,1H3. The van der Waals surface area contributed by atoms with Crippen LogP contribution in [0.15, 0.2) is 23.1 Å². The predicted octanol–water partition coefficient (Wildman–Crippen LogP) is 1.85. The minimum Gasteiger partial charge on any atom is -0.340 e. The van der Waals surface area contributed by atoms with E-state index >= 15 is 0 Å². The lowest BCUT2D eigenvalue weighted by Crippen LogP contribution is -2.54. The van der Waals surface area contributed by atoms with E-state index in [2.05, 4.69) is 0 Å². The van der Waals surface area contributed by atoms with E-state index in [1.165, 1.54) is 14.2 Å². The molecular weight excluding hydrogens is 462 g/mol. The van der Waals surface area contributed by atoms with Crippen LogP contribution in [0.2, 0.25) is 0 Å². The summed E-state index contributed by atoms with van der Waals surface area (Å²) in [5.74, 6) is -0.306. The van der Waals surface area contributed by atoms with Crippen LogP contribution in [0.3, 0.4) is 0 Å². The van der Waals surface area contributed by atoms with Crippen molar-refractivity contribution in [2.24, 2.45) is 5.92 Å². The van der Waals surface area contributed by atoms with Gasteiger partial charge in [-0.15, -0.1) is 0 Å². The zero-order valence-corrected chi connectivity index (χ0v) is 21.0. The number of hydrogen-bond donors (Lipinski definition) is 0. The Bertz CT molecular complexity index is 1080. The first-order valence-electron chi connectivity index (χ1n) is 12.1. The zero-order chi connectivity index (χ0) is 23.6. The molecule has 3 aliphatic rings. The summed E-state index contributed by atoms with van der Waals surface area (Å²) in [5, 5.41) is 0. The van der Waals surface area contributed by atoms with Gasteiger partial charge in [-0.3, -0.25) is 4.79 Å². The van der Waals surface area contributed by atoms with E-state index in [1.807, 2.05) is 19.1 Å². The summed E-state index contributed by atoms with van der Waals surface area (Å²) in [7, 11) is -6.92. The molecule has 1 unspecified atom stereocenters. The summed E-state index contributed by atoms with van der Waals surface area (Å²) >= 11 is 0. The average molecular weight is 498 g/mol. The Morgan fingerprint density at radius 2 is 1.61 bits per heavy atom. The number of sulfonamides is 2. The largest absolute Gasteiger partial charge is 0.340 e. The highest BCUT2D eigenvalue weighted by molar-refractivity contribution is 7.89. The summed E-state index contributed by atoms with van der Waals surface area (Å²) in [6.07, 6.45) is 6.07. The van der Waals surface area contributed by atoms with Gasteiger partial charge in [0.25, 0.3) is 0 Å². The second-order valence-corrected chi connectivity index (χ2v) is 13.4. The predicted molar refractivity (Wildman–Crippen MR) is 127 cm³/mol. The second-order valence-electron chi connectivity index (χ2n) is 9.38. The van der Waals surface area contributed by atoms with Crippen LogP contribution in [0.5, 0.6) is 0 Å². The summed E-state index contributed by atoms with van der Waals surface area (Å²) in [6, 6.07) is 5.49. The van der Waals surface area contributed by atoms with E-state index in [0.29, 0.717) is 43.8 Å². The lowest BCUT2D eigenvalue weighted by molar-refractivity contribution is -0.137. The zero-order valence-electron chi connectivity index (χ0n) is 19.4. The Morgan fingerprint density at radius 3 is 2.30 bits per heavy atom. The third-order valence-corrected chi connectivity index (χ3v) is 11.0. The van der Waals surface area contributed by atoms with E-state index in [1.54, 1.807) is 11.0 Å². The van der Waals surface area contributed by atoms with Crippen LogP contribution in [-0.2, 0) is 37.7 Å². The maximum Gasteiger partial charge on any atom is 0.243 e. The maximum absolute atomic E-state index is 13.2. The molecule has 0 bridgehead atoms. The van der Waals surface area contributed by atoms with Crippen molar-refractivity contribution in [2.75, 3.05) is 45.0 Å². The first-order valence-corrected chi connectivity index (χ1v) is 15.2. The molecule has 1 amide bonds. The lowest BCUT2D eigenvalue weighted by atomic mass is 9.92. The van der Waals surface area contributed by atoms with Crippen molar-refractivity contribution in [1.29, 1.82) is 0 Å². The third-order valence-electron chi connectivity index (χ3n) is 7.10. The molecule has 0 radical (unpaired) electrons. The minimum absolute atomic E-state index is 0.0581. The molecule has 4 rings (SSSR count). The van der Waals surface area contributed by atoms with Crippen molar-refractivity contribution in [3.63, 3.8) is 0 Å². The lowest BCUT2D eigenvalue weighted by Gasteiger charge is -2.38. The van der Waals surface area contributed by atoms with Crippen molar-refractivity contribution in [3.05, 3.63) is 29.3 Å². The number of benzene rings is 1. The van der Waals surface area contributed by atoms with Gasteiger partial charge < -0.3 is 4.90 Å². The molecule has 33 heavy (non-hydrogen) atoms. The number of aryl methyl sites for hydroxylation is 2. The van der Waals surface area contributed by atoms with Crippen molar-refractivity contribution in [3.8, 4) is 0 Å². The number of amides is 1. The summed E-state index contributed by atoms with van der Waals surface area (Å²) in [6.45, 7) is 3.73. The van der Waals surface area contributed by atoms with Gasteiger partial charge in [0.1, 0.15) is 0 Å². The topological polar surface area (TPSA) is 95.1 Å². The van der Waals surface area contributed by atoms with Gasteiger partial charge in [-0.25, -0.2) is 21.1 Å². The summed E-state index contributed by atoms with van der Waals surface area (Å²) in [5.41, 5.74) is 2.38. The van der Waals surface area contributed by atoms with Gasteiger partial charge in [0.05, 0.1) is 16.6 Å². The number of carbonyl (C=O) groups is 1. The van der Waals surface area contributed by atoms with Crippen molar-refractivity contribution in [1.82, 2.24) is 13.5 Å². The van der Waals surface area contributed by atoms with E-state index in [9.17, 15) is 21.6 Å². The monoisotopic (exact) mass is 497 g/mol. The number of hydrogen-bond acceptors (Lipinski definition) is 5. The molecule has 2 fully saturated rings. The molecule has 0 saturated carbocycles. The van der Waals surface area contributed by atoms with Gasteiger partial charge in [-0.05, 0) is 68.2 Å². The van der Waals surface area contributed by atoms with E-state index in [0.717, 1.165) is 31.2 Å². The smallest absolute Gasteiger partial charge is 0.243 e. The molecule has 8 nitrogen and oxygen atoms in total. The second kappa shape index (κ2) is 10.0. The molecular formula is C23H35N3O5S2. The van der Waals surface area contributed by atoms with Crippen LogP contribution in [-0.4, -0.2) is 81.3 Å². The molecule has 1 aliphatic carbocycles. The van der Waals surface area contributed by atoms with Gasteiger partial charge in [0.15, 0.2) is 0 Å². The quantitative estimate of drug-likeness (QED) is 0.598. The molecule has 2 aliphatic heterocycles. The van der Waals surface area contributed by atoms with Gasteiger partial charge in [0.2, 0.25) is 26.0 Å². The molecule has 10 heteroatoms. The number of piperidine rings is 1. The Morgan fingerprint density at radius 1 is 0.909 bits per heavy atom. The summed E-state index contributed by atoms with van der Waals surface area (Å²) in [4.78, 5) is 15.2. The van der Waals surface area contributed by atoms with E-state index in [-0.39, 0.29) is 37.2 Å². The molecule has 1 aromatic carbocycles. The van der Waals surface area contributed by atoms with Crippen LogP contribution < -0.4 is 0 Å². The first kappa shape index (κ1) is 24.6. The molecule has 0 N–H and O–H groups in total. The van der Waals surface area contributed by atoms with Crippen LogP contribution >= 0.6 is 0 Å². The van der Waals surface area contributed by atoms with Crippen LogP contribution in [0.1, 0.15) is 50.2 Å². The summed E-state index contributed by atoms with van der Waals surface area (Å²) < 4.78 is 54.2. The molecule has 0 aromatic heterocycles. The molecule has 1 aromatic rings. The SMILES string of the molecule is CCCS(=O)(=O)N1CCCC(C(=O)N2CCN(S(=O)(=O)c3ccc4c(c3)CCCC4)CC2)C1. The Labute approximate surface area is 198 Å². The van der Waals surface area contributed by atoms with Gasteiger partial charge in [-0.1, -0.05) is 13.0 Å². The number of carbonyl (C=O) groups excluding carboxylic acids is 1. The average Bonchev–Trinajstić information content (AvgIpc) is 2.83. The van der Waals surface area contributed by atoms with Crippen LogP contribution in [0, 0.1) is 5.92 Å².